The summed E-state index contributed by atoms with van der Waals surface area (Å²) in [4.78, 5) is 20.7. The number of benzene rings is 1. The molecular weight excluding hydrogens is 373 g/mol. The number of anilines is 2. The Balaban J connectivity index is 2.31. The van der Waals surface area contributed by atoms with Gasteiger partial charge in [0.05, 0.1) is 29.4 Å². The highest BCUT2D eigenvalue weighted by molar-refractivity contribution is 7.21. The van der Waals surface area contributed by atoms with Gasteiger partial charge in [-0.2, -0.15) is 0 Å². The summed E-state index contributed by atoms with van der Waals surface area (Å²) in [6.45, 7) is 1.73. The maximum absolute atomic E-state index is 14.5. The molecule has 0 radical (unpaired) electrons. The second kappa shape index (κ2) is 7.33. The van der Waals surface area contributed by atoms with Crippen molar-refractivity contribution in [3.05, 3.63) is 28.9 Å². The minimum atomic E-state index is -0.871. The van der Waals surface area contributed by atoms with Crippen LogP contribution in [-0.2, 0) is 0 Å². The number of primary amides is 1. The van der Waals surface area contributed by atoms with Gasteiger partial charge in [0.1, 0.15) is 9.71 Å². The number of hydrogen-bond donors (Lipinski definition) is 5. The van der Waals surface area contributed by atoms with Crippen molar-refractivity contribution >= 4 is 39.1 Å². The molecule has 3 rings (SSSR count). The number of fused-ring (bicyclic) bond motifs is 1. The Morgan fingerprint density at radius 2 is 2.15 bits per heavy atom. The SMILES string of the molecule is CC[C@H](CO)Nc1nc(-c2cccc(O)c2F)c2c(N)c(C(N)=O)sc2n1. The average Bonchev–Trinajstić information content (AvgIpc) is 2.98. The molecule has 0 bridgehead atoms. The van der Waals surface area contributed by atoms with E-state index in [0.717, 1.165) is 11.3 Å². The van der Waals surface area contributed by atoms with Crippen molar-refractivity contribution in [1.29, 1.82) is 0 Å². The number of phenolic OH excluding ortho intramolecular Hbond substituents is 1. The topological polar surface area (TPSA) is 147 Å². The van der Waals surface area contributed by atoms with E-state index in [2.05, 4.69) is 15.3 Å². The zero-order chi connectivity index (χ0) is 19.7. The molecule has 8 nitrogen and oxygen atoms in total. The largest absolute Gasteiger partial charge is 0.505 e. The highest BCUT2D eigenvalue weighted by atomic mass is 32.1. The van der Waals surface area contributed by atoms with E-state index in [1.165, 1.54) is 18.2 Å². The molecule has 1 amide bonds. The van der Waals surface area contributed by atoms with Crippen molar-refractivity contribution in [3.63, 3.8) is 0 Å². The van der Waals surface area contributed by atoms with Gasteiger partial charge in [0.25, 0.3) is 5.91 Å². The molecule has 0 fully saturated rings. The Bertz CT molecular complexity index is 1020. The number of carbonyl (C=O) groups is 1. The summed E-state index contributed by atoms with van der Waals surface area (Å²) in [5.74, 6) is -2.00. The first-order valence-corrected chi connectivity index (χ1v) is 8.94. The summed E-state index contributed by atoms with van der Waals surface area (Å²) in [6, 6.07) is 3.80. The van der Waals surface area contributed by atoms with Crippen molar-refractivity contribution < 1.29 is 19.4 Å². The number of aromatic hydroxyl groups is 1. The lowest BCUT2D eigenvalue weighted by Crippen LogP contribution is -2.24. The van der Waals surface area contributed by atoms with Crippen molar-refractivity contribution in [2.24, 2.45) is 5.73 Å². The molecule has 142 valence electrons. The number of rotatable bonds is 6. The molecule has 0 saturated carbocycles. The van der Waals surface area contributed by atoms with Crippen LogP contribution in [0.5, 0.6) is 5.75 Å². The maximum Gasteiger partial charge on any atom is 0.260 e. The molecule has 2 aromatic heterocycles. The molecular formula is C17H18FN5O3S. The lowest BCUT2D eigenvalue weighted by atomic mass is 10.1. The number of carbonyl (C=O) groups excluding carboxylic acids is 1. The lowest BCUT2D eigenvalue weighted by Gasteiger charge is -2.15. The van der Waals surface area contributed by atoms with Crippen LogP contribution in [0.2, 0.25) is 0 Å². The van der Waals surface area contributed by atoms with Gasteiger partial charge in [-0.3, -0.25) is 4.79 Å². The van der Waals surface area contributed by atoms with Crippen LogP contribution in [0.3, 0.4) is 0 Å². The first-order chi connectivity index (χ1) is 12.9. The van der Waals surface area contributed by atoms with E-state index < -0.39 is 17.5 Å². The third-order valence-electron chi connectivity index (χ3n) is 4.09. The van der Waals surface area contributed by atoms with E-state index in [4.69, 9.17) is 11.5 Å². The summed E-state index contributed by atoms with van der Waals surface area (Å²) >= 11 is 0.969. The van der Waals surface area contributed by atoms with Crippen molar-refractivity contribution in [3.8, 4) is 17.0 Å². The predicted molar refractivity (Wildman–Crippen MR) is 102 cm³/mol. The smallest absolute Gasteiger partial charge is 0.260 e. The van der Waals surface area contributed by atoms with Crippen molar-refractivity contribution in [2.45, 2.75) is 19.4 Å². The van der Waals surface area contributed by atoms with Gasteiger partial charge in [-0.05, 0) is 18.6 Å². The number of hydrogen-bond acceptors (Lipinski definition) is 8. The fraction of sp³-hybridized carbons (Fsp3) is 0.235. The van der Waals surface area contributed by atoms with Crippen LogP contribution in [0.1, 0.15) is 23.0 Å². The van der Waals surface area contributed by atoms with Gasteiger partial charge < -0.3 is 27.0 Å². The first kappa shape index (κ1) is 18.8. The first-order valence-electron chi connectivity index (χ1n) is 8.12. The number of aromatic nitrogens is 2. The van der Waals surface area contributed by atoms with E-state index in [-0.39, 0.29) is 45.8 Å². The number of aliphatic hydroxyl groups is 1. The molecule has 0 aliphatic rings. The molecule has 0 aliphatic carbocycles. The molecule has 0 spiro atoms. The van der Waals surface area contributed by atoms with Gasteiger partial charge in [-0.1, -0.05) is 13.0 Å². The van der Waals surface area contributed by atoms with Crippen LogP contribution in [-0.4, -0.2) is 38.7 Å². The second-order valence-electron chi connectivity index (χ2n) is 5.86. The fourth-order valence-corrected chi connectivity index (χ4v) is 3.57. The number of nitrogen functional groups attached to an aromatic ring is 1. The minimum absolute atomic E-state index is 0.00279. The van der Waals surface area contributed by atoms with Gasteiger partial charge >= 0.3 is 0 Å². The van der Waals surface area contributed by atoms with E-state index in [1.807, 2.05) is 6.92 Å². The van der Waals surface area contributed by atoms with E-state index >= 15 is 0 Å². The number of halogens is 1. The highest BCUT2D eigenvalue weighted by Crippen LogP contribution is 2.40. The Kier molecular flexibility index (Phi) is 5.10. The lowest BCUT2D eigenvalue weighted by molar-refractivity contribution is 0.100. The standard InChI is InChI=1S/C17H18FN5O3S/c1-2-7(6-24)21-17-22-13(8-4-3-5-9(25)11(8)18)10-12(19)14(15(20)26)27-16(10)23-17/h3-5,7,24-25H,2,6,19H2,1H3,(H2,20,26)(H,21,22,23)/t7-/m1/s1. The monoisotopic (exact) mass is 391 g/mol. The van der Waals surface area contributed by atoms with Gasteiger partial charge in [-0.15, -0.1) is 11.3 Å². The van der Waals surface area contributed by atoms with Crippen LogP contribution >= 0.6 is 11.3 Å². The van der Waals surface area contributed by atoms with Gasteiger partial charge in [-0.25, -0.2) is 14.4 Å². The number of aliphatic hydroxyl groups excluding tert-OH is 1. The molecule has 7 N–H and O–H groups in total. The minimum Gasteiger partial charge on any atom is -0.505 e. The number of nitrogens with one attached hydrogen (secondary N) is 1. The Hall–Kier alpha value is -2.98. The average molecular weight is 391 g/mol. The fourth-order valence-electron chi connectivity index (χ4n) is 2.63. The maximum atomic E-state index is 14.5. The van der Waals surface area contributed by atoms with E-state index in [9.17, 15) is 19.4 Å². The van der Waals surface area contributed by atoms with E-state index in [1.54, 1.807) is 0 Å². The zero-order valence-electron chi connectivity index (χ0n) is 14.4. The third kappa shape index (κ3) is 3.36. The zero-order valence-corrected chi connectivity index (χ0v) is 15.2. The molecule has 1 aromatic carbocycles. The molecule has 3 aromatic rings. The molecule has 1 atom stereocenters. The molecule has 0 unspecified atom stereocenters. The summed E-state index contributed by atoms with van der Waals surface area (Å²) in [7, 11) is 0. The molecule has 2 heterocycles. The van der Waals surface area contributed by atoms with Crippen LogP contribution in [0.4, 0.5) is 16.0 Å². The van der Waals surface area contributed by atoms with Crippen LogP contribution in [0.15, 0.2) is 18.2 Å². The van der Waals surface area contributed by atoms with Gasteiger partial charge in [0, 0.05) is 5.56 Å². The number of thiophene rings is 1. The molecule has 10 heteroatoms. The highest BCUT2D eigenvalue weighted by Gasteiger charge is 2.23. The van der Waals surface area contributed by atoms with Crippen LogP contribution in [0.25, 0.3) is 21.5 Å². The van der Waals surface area contributed by atoms with Gasteiger partial charge in [0.15, 0.2) is 11.6 Å². The van der Waals surface area contributed by atoms with Gasteiger partial charge in [0.2, 0.25) is 5.95 Å². The molecule has 27 heavy (non-hydrogen) atoms. The predicted octanol–water partition coefficient (Wildman–Crippen LogP) is 2.07. The molecule has 0 aliphatic heterocycles. The quantitative estimate of drug-likeness (QED) is 0.432. The second-order valence-corrected chi connectivity index (χ2v) is 6.85. The Labute approximate surface area is 157 Å². The number of nitrogens with zero attached hydrogens (tertiary/aromatic N) is 2. The summed E-state index contributed by atoms with van der Waals surface area (Å²) in [5.41, 5.74) is 11.6. The van der Waals surface area contributed by atoms with Crippen LogP contribution in [0, 0.1) is 5.82 Å². The summed E-state index contributed by atoms with van der Waals surface area (Å²) in [5, 5.41) is 22.4. The van der Waals surface area contributed by atoms with Crippen molar-refractivity contribution in [1.82, 2.24) is 9.97 Å². The number of amides is 1. The Morgan fingerprint density at radius 3 is 2.78 bits per heavy atom. The molecule has 0 saturated heterocycles. The van der Waals surface area contributed by atoms with Crippen molar-refractivity contribution in [2.75, 3.05) is 17.7 Å². The van der Waals surface area contributed by atoms with E-state index in [0.29, 0.717) is 11.3 Å². The number of phenols is 1. The number of nitrogens with two attached hydrogens (primary N) is 2. The third-order valence-corrected chi connectivity index (χ3v) is 5.21. The normalized spacial score (nSPS) is 12.3. The summed E-state index contributed by atoms with van der Waals surface area (Å²) < 4.78 is 14.5. The Morgan fingerprint density at radius 1 is 1.41 bits per heavy atom. The van der Waals surface area contributed by atoms with Crippen LogP contribution < -0.4 is 16.8 Å². The summed E-state index contributed by atoms with van der Waals surface area (Å²) in [6.07, 6.45) is 0.604.